The van der Waals surface area contributed by atoms with Gasteiger partial charge in [0.2, 0.25) is 5.95 Å². The highest BCUT2D eigenvalue weighted by atomic mass is 16.5. The Morgan fingerprint density at radius 2 is 1.62 bits per heavy atom. The number of benzene rings is 2. The van der Waals surface area contributed by atoms with Crippen molar-refractivity contribution in [2.75, 3.05) is 25.1 Å². The molecule has 4 aromatic rings. The molecule has 0 saturated carbocycles. The van der Waals surface area contributed by atoms with E-state index in [-0.39, 0.29) is 12.2 Å². The zero-order chi connectivity index (χ0) is 23.7. The van der Waals surface area contributed by atoms with E-state index in [4.69, 9.17) is 21.0 Å². The monoisotopic (exact) mass is 451 g/mol. The summed E-state index contributed by atoms with van der Waals surface area (Å²) in [4.78, 5) is 19.7. The highest BCUT2D eigenvalue weighted by molar-refractivity contribution is 6.00. The van der Waals surface area contributed by atoms with Crippen molar-refractivity contribution in [3.05, 3.63) is 72.5 Å². The smallest absolute Gasteiger partial charge is 0.225 e. The van der Waals surface area contributed by atoms with Gasteiger partial charge in [-0.15, -0.1) is 0 Å². The summed E-state index contributed by atoms with van der Waals surface area (Å²) < 4.78 is 11.7. The predicted molar refractivity (Wildman–Crippen MR) is 133 cm³/mol. The third kappa shape index (κ3) is 4.04. The molecule has 0 amide bonds. The number of hydrogen-bond donors (Lipinski definition) is 0. The van der Waals surface area contributed by atoms with Gasteiger partial charge >= 0.3 is 0 Å². The lowest BCUT2D eigenvalue weighted by molar-refractivity contribution is -0.00571. The van der Waals surface area contributed by atoms with Crippen LogP contribution in [-0.2, 0) is 4.74 Å². The average molecular weight is 452 g/mol. The lowest BCUT2D eigenvalue weighted by atomic mass is 9.99. The molecule has 1 fully saturated rings. The summed E-state index contributed by atoms with van der Waals surface area (Å²) in [5.74, 6) is 1.43. The standard InChI is InChI=1S/C27H25N5O2/c1-17-15-32(16-18(2)34-17)27-30-12-20(13-31-27)24-14-29-25-22(6-5-7-23(25)26(24)33-4)19-8-10-21(28-3)11-9-19/h5-14,17-18H,15-16H2,1-2,4H3/t17-,18+. The van der Waals surface area contributed by atoms with E-state index in [0.29, 0.717) is 11.6 Å². The van der Waals surface area contributed by atoms with E-state index in [1.807, 2.05) is 61.1 Å². The van der Waals surface area contributed by atoms with Crippen LogP contribution in [0.3, 0.4) is 0 Å². The molecule has 0 aliphatic carbocycles. The molecule has 170 valence electrons. The third-order valence-electron chi connectivity index (χ3n) is 6.01. The van der Waals surface area contributed by atoms with E-state index in [9.17, 15) is 0 Å². The minimum atomic E-state index is 0.142. The fourth-order valence-electron chi connectivity index (χ4n) is 4.54. The maximum atomic E-state index is 7.18. The van der Waals surface area contributed by atoms with Crippen LogP contribution in [0.5, 0.6) is 5.75 Å². The Hall–Kier alpha value is -4.02. The summed E-state index contributed by atoms with van der Waals surface area (Å²) in [7, 11) is 1.67. The lowest BCUT2D eigenvalue weighted by Gasteiger charge is -2.35. The van der Waals surface area contributed by atoms with Crippen molar-refractivity contribution in [2.24, 2.45) is 0 Å². The molecule has 34 heavy (non-hydrogen) atoms. The summed E-state index contributed by atoms with van der Waals surface area (Å²) in [6, 6.07) is 13.6. The molecule has 0 unspecified atom stereocenters. The molecule has 0 radical (unpaired) electrons. The number of rotatable bonds is 4. The highest BCUT2D eigenvalue weighted by Crippen LogP contribution is 2.39. The molecule has 1 aliphatic rings. The van der Waals surface area contributed by atoms with Crippen molar-refractivity contribution in [3.8, 4) is 28.0 Å². The first-order chi connectivity index (χ1) is 16.6. The Balaban J connectivity index is 1.52. The van der Waals surface area contributed by atoms with Crippen molar-refractivity contribution >= 4 is 22.5 Å². The van der Waals surface area contributed by atoms with Crippen LogP contribution in [0.1, 0.15) is 13.8 Å². The number of para-hydroxylation sites is 1. The maximum Gasteiger partial charge on any atom is 0.225 e. The van der Waals surface area contributed by atoms with E-state index >= 15 is 0 Å². The van der Waals surface area contributed by atoms with Crippen LogP contribution < -0.4 is 9.64 Å². The van der Waals surface area contributed by atoms with Gasteiger partial charge in [0.15, 0.2) is 5.69 Å². The second-order valence-corrected chi connectivity index (χ2v) is 8.50. The number of methoxy groups -OCH3 is 1. The van der Waals surface area contributed by atoms with E-state index < -0.39 is 0 Å². The van der Waals surface area contributed by atoms with Crippen molar-refractivity contribution < 1.29 is 9.47 Å². The van der Waals surface area contributed by atoms with Gasteiger partial charge in [-0.1, -0.05) is 36.4 Å². The fraction of sp³-hybridized carbons (Fsp3) is 0.259. The molecule has 3 heterocycles. The molecule has 5 rings (SSSR count). The molecule has 7 heteroatoms. The Bertz CT molecular complexity index is 1350. The van der Waals surface area contributed by atoms with Gasteiger partial charge in [-0.3, -0.25) is 4.98 Å². The minimum absolute atomic E-state index is 0.142. The minimum Gasteiger partial charge on any atom is -0.495 e. The van der Waals surface area contributed by atoms with Crippen LogP contribution in [0.15, 0.2) is 61.1 Å². The molecule has 1 saturated heterocycles. The number of fused-ring (bicyclic) bond motifs is 1. The molecule has 0 bridgehead atoms. The predicted octanol–water partition coefficient (Wildman–Crippen LogP) is 5.53. The van der Waals surface area contributed by atoms with Gasteiger partial charge in [0.25, 0.3) is 0 Å². The molecule has 2 aromatic heterocycles. The number of hydrogen-bond acceptors (Lipinski definition) is 6. The summed E-state index contributed by atoms with van der Waals surface area (Å²) in [6.07, 6.45) is 5.75. The molecular formula is C27H25N5O2. The second-order valence-electron chi connectivity index (χ2n) is 8.50. The quantitative estimate of drug-likeness (QED) is 0.380. The topological polar surface area (TPSA) is 64.7 Å². The number of aromatic nitrogens is 3. The van der Waals surface area contributed by atoms with Crippen LogP contribution in [-0.4, -0.2) is 47.4 Å². The van der Waals surface area contributed by atoms with Crippen molar-refractivity contribution in [1.29, 1.82) is 0 Å². The van der Waals surface area contributed by atoms with Gasteiger partial charge in [0.1, 0.15) is 5.75 Å². The summed E-state index contributed by atoms with van der Waals surface area (Å²) in [5, 5.41) is 0.909. The van der Waals surface area contributed by atoms with Gasteiger partial charge in [-0.25, -0.2) is 14.8 Å². The maximum absolute atomic E-state index is 7.18. The second kappa shape index (κ2) is 9.08. The van der Waals surface area contributed by atoms with Crippen LogP contribution >= 0.6 is 0 Å². The van der Waals surface area contributed by atoms with Gasteiger partial charge in [0.05, 0.1) is 31.4 Å². The molecular weight excluding hydrogens is 426 g/mol. The molecule has 7 nitrogen and oxygen atoms in total. The lowest BCUT2D eigenvalue weighted by Crippen LogP contribution is -2.46. The van der Waals surface area contributed by atoms with Crippen molar-refractivity contribution in [3.63, 3.8) is 0 Å². The fourth-order valence-corrected chi connectivity index (χ4v) is 4.54. The zero-order valence-corrected chi connectivity index (χ0v) is 19.4. The van der Waals surface area contributed by atoms with Crippen LogP contribution in [0, 0.1) is 6.57 Å². The van der Waals surface area contributed by atoms with Gasteiger partial charge in [-0.2, -0.15) is 0 Å². The summed E-state index contributed by atoms with van der Waals surface area (Å²) >= 11 is 0. The average Bonchev–Trinajstić information content (AvgIpc) is 2.87. The number of morpholine rings is 1. The van der Waals surface area contributed by atoms with Crippen LogP contribution in [0.25, 0.3) is 38.0 Å². The number of anilines is 1. The Labute approximate surface area is 198 Å². The van der Waals surface area contributed by atoms with E-state index in [2.05, 4.69) is 33.6 Å². The SMILES string of the molecule is [C-]#[N+]c1ccc(-c2cccc3c(OC)c(-c4cnc(N5C[C@@H](C)O[C@@H](C)C5)nc4)cnc23)cc1. The molecule has 0 N–H and O–H groups in total. The molecule has 0 spiro atoms. The first kappa shape index (κ1) is 21.8. The summed E-state index contributed by atoms with van der Waals surface area (Å²) in [6.45, 7) is 12.8. The van der Waals surface area contributed by atoms with Gasteiger partial charge in [0, 0.05) is 53.8 Å². The Morgan fingerprint density at radius 3 is 2.26 bits per heavy atom. The molecule has 2 aromatic carbocycles. The Morgan fingerprint density at radius 1 is 0.912 bits per heavy atom. The van der Waals surface area contributed by atoms with Crippen molar-refractivity contribution in [2.45, 2.75) is 26.1 Å². The van der Waals surface area contributed by atoms with E-state index in [1.165, 1.54) is 0 Å². The largest absolute Gasteiger partial charge is 0.495 e. The van der Waals surface area contributed by atoms with Gasteiger partial charge < -0.3 is 14.4 Å². The molecule has 1 aliphatic heterocycles. The van der Waals surface area contributed by atoms with Crippen molar-refractivity contribution in [1.82, 2.24) is 15.0 Å². The normalized spacial score (nSPS) is 18.0. The van der Waals surface area contributed by atoms with E-state index in [1.54, 1.807) is 7.11 Å². The molecule has 2 atom stereocenters. The first-order valence-electron chi connectivity index (χ1n) is 11.2. The van der Waals surface area contributed by atoms with E-state index in [0.717, 1.165) is 52.0 Å². The highest BCUT2D eigenvalue weighted by Gasteiger charge is 2.24. The van der Waals surface area contributed by atoms with Gasteiger partial charge in [-0.05, 0) is 25.5 Å². The van der Waals surface area contributed by atoms with Crippen LogP contribution in [0.2, 0.25) is 0 Å². The number of ether oxygens (including phenoxy) is 2. The Kier molecular flexibility index (Phi) is 5.83. The third-order valence-corrected chi connectivity index (χ3v) is 6.01. The first-order valence-corrected chi connectivity index (χ1v) is 11.2. The summed E-state index contributed by atoms with van der Waals surface area (Å²) in [5.41, 5.74) is 5.12. The number of nitrogens with zero attached hydrogens (tertiary/aromatic N) is 5. The zero-order valence-electron chi connectivity index (χ0n) is 19.4. The van der Waals surface area contributed by atoms with Crippen LogP contribution in [0.4, 0.5) is 11.6 Å². The number of pyridine rings is 1.